The van der Waals surface area contributed by atoms with Crippen LogP contribution in [0.4, 0.5) is 14.5 Å². The zero-order chi connectivity index (χ0) is 14.1. The fourth-order valence-electron chi connectivity index (χ4n) is 2.08. The maximum Gasteiger partial charge on any atom is 0.160 e. The molecular formula is C15H11ClF2N2. The van der Waals surface area contributed by atoms with Gasteiger partial charge >= 0.3 is 0 Å². The van der Waals surface area contributed by atoms with E-state index in [2.05, 4.69) is 10.3 Å². The first-order valence-corrected chi connectivity index (χ1v) is 6.47. The Labute approximate surface area is 119 Å². The van der Waals surface area contributed by atoms with Crippen LogP contribution in [0.25, 0.3) is 10.9 Å². The molecule has 0 spiro atoms. The van der Waals surface area contributed by atoms with E-state index in [4.69, 9.17) is 11.6 Å². The summed E-state index contributed by atoms with van der Waals surface area (Å²) in [5.41, 5.74) is 2.25. The highest BCUT2D eigenvalue weighted by molar-refractivity contribution is 6.36. The molecule has 5 heteroatoms. The summed E-state index contributed by atoms with van der Waals surface area (Å²) in [7, 11) is 0. The molecule has 20 heavy (non-hydrogen) atoms. The number of rotatable bonds is 3. The number of aromatic nitrogens is 1. The van der Waals surface area contributed by atoms with Gasteiger partial charge in [0.25, 0.3) is 0 Å². The van der Waals surface area contributed by atoms with Crippen molar-refractivity contribution in [2.45, 2.75) is 6.54 Å². The van der Waals surface area contributed by atoms with Crippen molar-refractivity contribution >= 4 is 28.2 Å². The third-order valence-electron chi connectivity index (χ3n) is 3.10. The van der Waals surface area contributed by atoms with Gasteiger partial charge in [-0.25, -0.2) is 8.78 Å². The summed E-state index contributed by atoms with van der Waals surface area (Å²) in [4.78, 5) is 3.20. The minimum absolute atomic E-state index is 0.401. The first-order chi connectivity index (χ1) is 9.65. The topological polar surface area (TPSA) is 27.8 Å². The van der Waals surface area contributed by atoms with Gasteiger partial charge in [0.2, 0.25) is 0 Å². The molecule has 0 saturated carbocycles. The second-order valence-electron chi connectivity index (χ2n) is 4.45. The highest BCUT2D eigenvalue weighted by atomic mass is 35.5. The molecule has 1 heterocycles. The molecule has 0 aliphatic heterocycles. The minimum atomic E-state index is -0.877. The second kappa shape index (κ2) is 5.13. The van der Waals surface area contributed by atoms with Crippen LogP contribution < -0.4 is 5.32 Å². The number of nitrogens with one attached hydrogen (secondary N) is 2. The largest absolute Gasteiger partial charge is 0.379 e. The Bertz CT molecular complexity index is 768. The zero-order valence-electron chi connectivity index (χ0n) is 10.4. The van der Waals surface area contributed by atoms with Gasteiger partial charge in [-0.3, -0.25) is 0 Å². The molecule has 2 nitrogen and oxygen atoms in total. The summed E-state index contributed by atoms with van der Waals surface area (Å²) >= 11 is 6.27. The van der Waals surface area contributed by atoms with Gasteiger partial charge in [-0.15, -0.1) is 0 Å². The van der Waals surface area contributed by atoms with Crippen molar-refractivity contribution in [2.75, 3.05) is 5.32 Å². The summed E-state index contributed by atoms with van der Waals surface area (Å²) in [6.45, 7) is 0.401. The lowest BCUT2D eigenvalue weighted by Crippen LogP contribution is -2.01. The SMILES string of the molecule is Fc1ccc(NCc2[nH]c3ccccc3c2Cl)cc1F. The van der Waals surface area contributed by atoms with Gasteiger partial charge < -0.3 is 10.3 Å². The quantitative estimate of drug-likeness (QED) is 0.719. The van der Waals surface area contributed by atoms with Crippen LogP contribution in [0.1, 0.15) is 5.69 Å². The van der Waals surface area contributed by atoms with Crippen molar-refractivity contribution in [2.24, 2.45) is 0 Å². The molecule has 0 unspecified atom stereocenters. The van der Waals surface area contributed by atoms with Crippen LogP contribution in [0.5, 0.6) is 0 Å². The summed E-state index contributed by atoms with van der Waals surface area (Å²) in [5.74, 6) is -1.74. The van der Waals surface area contributed by atoms with Gasteiger partial charge in [-0.1, -0.05) is 29.8 Å². The monoisotopic (exact) mass is 292 g/mol. The lowest BCUT2D eigenvalue weighted by Gasteiger charge is -2.06. The van der Waals surface area contributed by atoms with Crippen molar-refractivity contribution in [3.05, 3.63) is 64.8 Å². The van der Waals surface area contributed by atoms with E-state index in [0.29, 0.717) is 17.3 Å². The normalized spacial score (nSPS) is 10.9. The lowest BCUT2D eigenvalue weighted by molar-refractivity contribution is 0.509. The van der Waals surface area contributed by atoms with Gasteiger partial charge in [-0.2, -0.15) is 0 Å². The molecule has 0 radical (unpaired) electrons. The van der Waals surface area contributed by atoms with E-state index in [-0.39, 0.29) is 0 Å². The minimum Gasteiger partial charge on any atom is -0.379 e. The van der Waals surface area contributed by atoms with Gasteiger partial charge in [-0.05, 0) is 18.2 Å². The number of anilines is 1. The fourth-order valence-corrected chi connectivity index (χ4v) is 2.36. The molecular weight excluding hydrogens is 282 g/mol. The van der Waals surface area contributed by atoms with Crippen molar-refractivity contribution in [1.82, 2.24) is 4.98 Å². The molecule has 0 bridgehead atoms. The highest BCUT2D eigenvalue weighted by Crippen LogP contribution is 2.27. The molecule has 3 rings (SSSR count). The third kappa shape index (κ3) is 2.34. The molecule has 0 aliphatic rings. The Morgan fingerprint density at radius 3 is 2.60 bits per heavy atom. The molecule has 1 aromatic heterocycles. The number of aromatic amines is 1. The highest BCUT2D eigenvalue weighted by Gasteiger charge is 2.09. The Balaban J connectivity index is 1.83. The summed E-state index contributed by atoms with van der Waals surface area (Å²) < 4.78 is 25.9. The zero-order valence-corrected chi connectivity index (χ0v) is 11.1. The molecule has 2 aromatic carbocycles. The van der Waals surface area contributed by atoms with Crippen LogP contribution in [0.2, 0.25) is 5.02 Å². The van der Waals surface area contributed by atoms with Crippen molar-refractivity contribution in [1.29, 1.82) is 0 Å². The molecule has 0 fully saturated rings. The van der Waals surface area contributed by atoms with Gasteiger partial charge in [0, 0.05) is 22.7 Å². The molecule has 3 aromatic rings. The molecule has 2 N–H and O–H groups in total. The van der Waals surface area contributed by atoms with Gasteiger partial charge in [0.1, 0.15) is 0 Å². The van der Waals surface area contributed by atoms with Crippen LogP contribution in [-0.4, -0.2) is 4.98 Å². The Kier molecular flexibility index (Phi) is 3.32. The summed E-state index contributed by atoms with van der Waals surface area (Å²) in [5, 5.41) is 4.58. The number of hydrogen-bond acceptors (Lipinski definition) is 1. The number of halogens is 3. The first-order valence-electron chi connectivity index (χ1n) is 6.09. The average Bonchev–Trinajstić information content (AvgIpc) is 2.77. The van der Waals surface area contributed by atoms with Crippen LogP contribution in [0.3, 0.4) is 0 Å². The molecule has 0 aliphatic carbocycles. The van der Waals surface area contributed by atoms with Crippen LogP contribution in [-0.2, 0) is 6.54 Å². The Morgan fingerprint density at radius 1 is 1.05 bits per heavy atom. The second-order valence-corrected chi connectivity index (χ2v) is 4.82. The number of H-pyrrole nitrogens is 1. The average molecular weight is 293 g/mol. The first kappa shape index (κ1) is 12.9. The van der Waals surface area contributed by atoms with E-state index in [9.17, 15) is 8.78 Å². The third-order valence-corrected chi connectivity index (χ3v) is 3.53. The Hall–Kier alpha value is -2.07. The molecule has 102 valence electrons. The number of fused-ring (bicyclic) bond motifs is 1. The molecule has 0 saturated heterocycles. The Morgan fingerprint density at radius 2 is 1.85 bits per heavy atom. The van der Waals surface area contributed by atoms with E-state index in [0.717, 1.165) is 28.7 Å². The fraction of sp³-hybridized carbons (Fsp3) is 0.0667. The van der Waals surface area contributed by atoms with E-state index in [1.165, 1.54) is 6.07 Å². The van der Waals surface area contributed by atoms with Crippen molar-refractivity contribution < 1.29 is 8.78 Å². The predicted octanol–water partition coefficient (Wildman–Crippen LogP) is 4.71. The molecule has 0 amide bonds. The standard InChI is InChI=1S/C15H11ClF2N2/c16-15-10-3-1-2-4-13(10)20-14(15)8-19-9-5-6-11(17)12(18)7-9/h1-7,19-20H,8H2. The number of benzene rings is 2. The van der Waals surface area contributed by atoms with Crippen molar-refractivity contribution in [3.8, 4) is 0 Å². The predicted molar refractivity (Wildman–Crippen MR) is 77.0 cm³/mol. The van der Waals surface area contributed by atoms with E-state index in [1.54, 1.807) is 0 Å². The van der Waals surface area contributed by atoms with Gasteiger partial charge in [0.15, 0.2) is 11.6 Å². The lowest BCUT2D eigenvalue weighted by atomic mass is 10.2. The maximum atomic E-state index is 13.1. The van der Waals surface area contributed by atoms with Crippen LogP contribution >= 0.6 is 11.6 Å². The summed E-state index contributed by atoms with van der Waals surface area (Å²) in [6.07, 6.45) is 0. The number of hydrogen-bond donors (Lipinski definition) is 2. The number of para-hydroxylation sites is 1. The smallest absolute Gasteiger partial charge is 0.160 e. The maximum absolute atomic E-state index is 13.1. The van der Waals surface area contributed by atoms with Crippen LogP contribution in [0, 0.1) is 11.6 Å². The van der Waals surface area contributed by atoms with Crippen molar-refractivity contribution in [3.63, 3.8) is 0 Å². The van der Waals surface area contributed by atoms with E-state index in [1.807, 2.05) is 24.3 Å². The van der Waals surface area contributed by atoms with Crippen LogP contribution in [0.15, 0.2) is 42.5 Å². The van der Waals surface area contributed by atoms with Gasteiger partial charge in [0.05, 0.1) is 17.3 Å². The summed E-state index contributed by atoms with van der Waals surface area (Å²) in [6, 6.07) is 11.4. The van der Waals surface area contributed by atoms with E-state index < -0.39 is 11.6 Å². The van der Waals surface area contributed by atoms with E-state index >= 15 is 0 Å². The molecule has 0 atom stereocenters.